The minimum Gasteiger partial charge on any atom is -0.439 e. The van der Waals surface area contributed by atoms with Gasteiger partial charge in [0.05, 0.1) is 0 Å². The van der Waals surface area contributed by atoms with Gasteiger partial charge in [-0.15, -0.1) is 5.10 Å². The van der Waals surface area contributed by atoms with Gasteiger partial charge in [-0.25, -0.2) is 9.97 Å². The fourth-order valence-corrected chi connectivity index (χ4v) is 3.22. The van der Waals surface area contributed by atoms with Gasteiger partial charge in [0.25, 0.3) is 5.56 Å². The summed E-state index contributed by atoms with van der Waals surface area (Å²) in [6.07, 6.45) is 2.38. The van der Waals surface area contributed by atoms with Crippen molar-refractivity contribution in [2.75, 3.05) is 5.32 Å². The number of aryl methyl sites for hydroxylation is 1. The summed E-state index contributed by atoms with van der Waals surface area (Å²) in [6.45, 7) is 1.96. The molecule has 7 nitrogen and oxygen atoms in total. The molecule has 0 fully saturated rings. The molecular weight excluding hydrogens is 350 g/mol. The Kier molecular flexibility index (Phi) is 4.32. The standard InChI is InChI=1S/C18H15N5O2S/c1-2-12-11-16(24)23-18(21-12)26-17(22-23)20-13-6-5-7-14(10-13)25-15-8-3-4-9-19-15/h3-11H,2H2,1H3,(H,20,22). The van der Waals surface area contributed by atoms with Crippen molar-refractivity contribution in [2.45, 2.75) is 13.3 Å². The average molecular weight is 365 g/mol. The van der Waals surface area contributed by atoms with Crippen LogP contribution in [0.4, 0.5) is 10.8 Å². The van der Waals surface area contributed by atoms with Crippen LogP contribution in [-0.2, 0) is 6.42 Å². The minimum absolute atomic E-state index is 0.177. The predicted octanol–water partition coefficient (Wildman–Crippen LogP) is 3.64. The maximum atomic E-state index is 12.1. The van der Waals surface area contributed by atoms with Crippen LogP contribution in [-0.4, -0.2) is 19.6 Å². The predicted molar refractivity (Wildman–Crippen MR) is 101 cm³/mol. The topological polar surface area (TPSA) is 81.4 Å². The average Bonchev–Trinajstić information content (AvgIpc) is 3.06. The number of rotatable bonds is 5. The number of anilines is 2. The highest BCUT2D eigenvalue weighted by Crippen LogP contribution is 2.26. The fourth-order valence-electron chi connectivity index (χ4n) is 2.38. The zero-order chi connectivity index (χ0) is 17.9. The first-order valence-electron chi connectivity index (χ1n) is 8.07. The molecule has 130 valence electrons. The molecule has 3 heterocycles. The quantitative estimate of drug-likeness (QED) is 0.581. The first-order valence-corrected chi connectivity index (χ1v) is 8.89. The van der Waals surface area contributed by atoms with Gasteiger partial charge in [0.2, 0.25) is 16.0 Å². The van der Waals surface area contributed by atoms with Crippen LogP contribution >= 0.6 is 11.3 Å². The summed E-state index contributed by atoms with van der Waals surface area (Å²) < 4.78 is 7.04. The van der Waals surface area contributed by atoms with E-state index >= 15 is 0 Å². The third-order valence-electron chi connectivity index (χ3n) is 3.61. The monoisotopic (exact) mass is 365 g/mol. The maximum absolute atomic E-state index is 12.1. The third kappa shape index (κ3) is 3.40. The zero-order valence-corrected chi connectivity index (χ0v) is 14.7. The molecule has 1 N–H and O–H groups in total. The Labute approximate surface area is 152 Å². The van der Waals surface area contributed by atoms with Crippen molar-refractivity contribution in [3.63, 3.8) is 0 Å². The highest BCUT2D eigenvalue weighted by molar-refractivity contribution is 7.20. The van der Waals surface area contributed by atoms with Crippen LogP contribution in [0.25, 0.3) is 4.96 Å². The van der Waals surface area contributed by atoms with Crippen molar-refractivity contribution in [1.29, 1.82) is 0 Å². The van der Waals surface area contributed by atoms with Gasteiger partial charge in [0.1, 0.15) is 5.75 Å². The molecule has 0 amide bonds. The van der Waals surface area contributed by atoms with Crippen LogP contribution < -0.4 is 15.6 Å². The summed E-state index contributed by atoms with van der Waals surface area (Å²) in [5.41, 5.74) is 1.38. The number of hydrogen-bond donors (Lipinski definition) is 1. The number of benzene rings is 1. The van der Waals surface area contributed by atoms with E-state index in [1.807, 2.05) is 43.3 Å². The van der Waals surface area contributed by atoms with Gasteiger partial charge in [-0.1, -0.05) is 30.4 Å². The number of nitrogens with one attached hydrogen (secondary N) is 1. The van der Waals surface area contributed by atoms with E-state index in [1.54, 1.807) is 12.3 Å². The number of nitrogens with zero attached hydrogens (tertiary/aromatic N) is 4. The smallest absolute Gasteiger partial charge is 0.275 e. The van der Waals surface area contributed by atoms with Gasteiger partial charge >= 0.3 is 0 Å². The number of aromatic nitrogens is 4. The lowest BCUT2D eigenvalue weighted by Gasteiger charge is -2.07. The highest BCUT2D eigenvalue weighted by atomic mass is 32.1. The molecule has 0 atom stereocenters. The summed E-state index contributed by atoms with van der Waals surface area (Å²) in [4.78, 5) is 21.2. The van der Waals surface area contributed by atoms with E-state index in [0.717, 1.165) is 11.4 Å². The molecule has 0 bridgehead atoms. The lowest BCUT2D eigenvalue weighted by Crippen LogP contribution is -2.15. The van der Waals surface area contributed by atoms with E-state index in [2.05, 4.69) is 20.4 Å². The summed E-state index contributed by atoms with van der Waals surface area (Å²) >= 11 is 1.32. The molecule has 0 aliphatic carbocycles. The van der Waals surface area contributed by atoms with E-state index in [4.69, 9.17) is 4.74 Å². The van der Waals surface area contributed by atoms with Crippen LogP contribution in [0.5, 0.6) is 11.6 Å². The molecule has 0 aliphatic heterocycles. The summed E-state index contributed by atoms with van der Waals surface area (Å²) in [7, 11) is 0. The molecule has 0 saturated heterocycles. The molecule has 4 aromatic rings. The first kappa shape index (κ1) is 16.2. The van der Waals surface area contributed by atoms with E-state index in [-0.39, 0.29) is 5.56 Å². The molecule has 0 unspecified atom stereocenters. The molecular formula is C18H15N5O2S. The third-order valence-corrected chi connectivity index (χ3v) is 4.43. The largest absolute Gasteiger partial charge is 0.439 e. The molecule has 1 aromatic carbocycles. The van der Waals surface area contributed by atoms with Gasteiger partial charge in [-0.05, 0) is 24.6 Å². The van der Waals surface area contributed by atoms with Crippen molar-refractivity contribution < 1.29 is 4.74 Å². The van der Waals surface area contributed by atoms with Crippen molar-refractivity contribution in [3.05, 3.63) is 70.8 Å². The molecule has 0 radical (unpaired) electrons. The Hall–Kier alpha value is -3.26. The van der Waals surface area contributed by atoms with Gasteiger partial charge in [-0.2, -0.15) is 4.52 Å². The highest BCUT2D eigenvalue weighted by Gasteiger charge is 2.09. The van der Waals surface area contributed by atoms with Crippen LogP contribution in [0.2, 0.25) is 0 Å². The summed E-state index contributed by atoms with van der Waals surface area (Å²) in [6, 6.07) is 14.4. The van der Waals surface area contributed by atoms with Crippen LogP contribution in [0.3, 0.4) is 0 Å². The molecule has 0 aliphatic rings. The van der Waals surface area contributed by atoms with Crippen molar-refractivity contribution in [3.8, 4) is 11.6 Å². The Bertz CT molecular complexity index is 1110. The fraction of sp³-hybridized carbons (Fsp3) is 0.111. The molecule has 4 rings (SSSR count). The summed E-state index contributed by atoms with van der Waals surface area (Å²) in [5, 5.41) is 8.07. The number of ether oxygens (including phenoxy) is 1. The van der Waals surface area contributed by atoms with Crippen molar-refractivity contribution >= 4 is 27.1 Å². The van der Waals surface area contributed by atoms with Gasteiger partial charge < -0.3 is 10.1 Å². The first-order chi connectivity index (χ1) is 12.7. The second-order valence-corrected chi connectivity index (χ2v) is 6.42. The zero-order valence-electron chi connectivity index (χ0n) is 13.9. The molecule has 3 aromatic heterocycles. The van der Waals surface area contributed by atoms with Gasteiger partial charge in [0.15, 0.2) is 0 Å². The second-order valence-electron chi connectivity index (χ2n) is 5.46. The van der Waals surface area contributed by atoms with Gasteiger partial charge in [-0.3, -0.25) is 4.79 Å². The number of fused-ring (bicyclic) bond motifs is 1. The number of hydrogen-bond acceptors (Lipinski definition) is 7. The van der Waals surface area contributed by atoms with E-state index in [9.17, 15) is 4.79 Å². The van der Waals surface area contributed by atoms with Gasteiger partial charge in [0, 0.05) is 35.8 Å². The molecule has 0 spiro atoms. The lowest BCUT2D eigenvalue weighted by molar-refractivity contribution is 0.463. The Balaban J connectivity index is 1.59. The van der Waals surface area contributed by atoms with Crippen molar-refractivity contribution in [2.24, 2.45) is 0 Å². The summed E-state index contributed by atoms with van der Waals surface area (Å²) in [5.74, 6) is 1.17. The molecule has 0 saturated carbocycles. The van der Waals surface area contributed by atoms with Crippen molar-refractivity contribution in [1.82, 2.24) is 19.6 Å². The Morgan fingerprint density at radius 2 is 2.12 bits per heavy atom. The van der Waals surface area contributed by atoms with E-state index in [1.165, 1.54) is 21.9 Å². The maximum Gasteiger partial charge on any atom is 0.275 e. The lowest BCUT2D eigenvalue weighted by atomic mass is 10.3. The van der Waals surface area contributed by atoms with Crippen LogP contribution in [0, 0.1) is 0 Å². The van der Waals surface area contributed by atoms with Crippen LogP contribution in [0.15, 0.2) is 59.5 Å². The minimum atomic E-state index is -0.177. The Morgan fingerprint density at radius 1 is 1.19 bits per heavy atom. The normalized spacial score (nSPS) is 10.8. The molecule has 8 heteroatoms. The second kappa shape index (κ2) is 6.93. The Morgan fingerprint density at radius 3 is 2.92 bits per heavy atom. The van der Waals surface area contributed by atoms with E-state index < -0.39 is 0 Å². The molecule has 26 heavy (non-hydrogen) atoms. The van der Waals surface area contributed by atoms with E-state index in [0.29, 0.717) is 28.1 Å². The SMILES string of the molecule is CCc1cc(=O)n2nc(Nc3cccc(Oc4ccccn4)c3)sc2n1. The van der Waals surface area contributed by atoms with Crippen LogP contribution in [0.1, 0.15) is 12.6 Å². The number of pyridine rings is 1.